The molecule has 30 heavy (non-hydrogen) atoms. The zero-order valence-corrected chi connectivity index (χ0v) is 18.3. The SMILES string of the molecule is CCOC(=O)N1CCc2c(sc(NC(=O)c3cc(Cl)ccc3OC)c2C(=O)OC)C1. The minimum atomic E-state index is -0.551. The zero-order valence-electron chi connectivity index (χ0n) is 16.7. The molecular weight excluding hydrogens is 432 g/mol. The monoisotopic (exact) mass is 452 g/mol. The number of amides is 2. The molecule has 1 N–H and O–H groups in total. The highest BCUT2D eigenvalue weighted by Gasteiger charge is 2.31. The average Bonchev–Trinajstić information content (AvgIpc) is 3.10. The number of benzene rings is 1. The number of hydrogen-bond acceptors (Lipinski definition) is 7. The van der Waals surface area contributed by atoms with Crippen LogP contribution in [-0.2, 0) is 22.4 Å². The molecule has 0 atom stereocenters. The number of ether oxygens (including phenoxy) is 3. The molecule has 0 radical (unpaired) electrons. The van der Waals surface area contributed by atoms with E-state index in [1.807, 2.05) is 0 Å². The van der Waals surface area contributed by atoms with Gasteiger partial charge in [0, 0.05) is 16.4 Å². The molecule has 0 aliphatic carbocycles. The zero-order chi connectivity index (χ0) is 21.8. The Bertz CT molecular complexity index is 990. The largest absolute Gasteiger partial charge is 0.496 e. The van der Waals surface area contributed by atoms with Crippen LogP contribution in [0.25, 0.3) is 0 Å². The number of thiophene rings is 1. The minimum absolute atomic E-state index is 0.236. The number of nitrogens with zero attached hydrogens (tertiary/aromatic N) is 1. The van der Waals surface area contributed by atoms with Gasteiger partial charge >= 0.3 is 12.1 Å². The molecule has 0 fully saturated rings. The lowest BCUT2D eigenvalue weighted by Gasteiger charge is -2.26. The summed E-state index contributed by atoms with van der Waals surface area (Å²) in [6, 6.07) is 4.70. The van der Waals surface area contributed by atoms with E-state index < -0.39 is 18.0 Å². The van der Waals surface area contributed by atoms with Gasteiger partial charge in [0.05, 0.1) is 38.5 Å². The summed E-state index contributed by atoms with van der Waals surface area (Å²) < 4.78 is 15.2. The van der Waals surface area contributed by atoms with Crippen molar-refractivity contribution in [2.75, 3.05) is 32.7 Å². The molecular formula is C20H21ClN2O6S. The van der Waals surface area contributed by atoms with Crippen molar-refractivity contribution in [3.05, 3.63) is 44.8 Å². The summed E-state index contributed by atoms with van der Waals surface area (Å²) in [5.74, 6) is -0.669. The predicted octanol–water partition coefficient (Wildman–Crippen LogP) is 3.96. The van der Waals surface area contributed by atoms with Crippen LogP contribution in [0.2, 0.25) is 5.02 Å². The summed E-state index contributed by atoms with van der Waals surface area (Å²) in [5.41, 5.74) is 1.30. The number of methoxy groups -OCH3 is 2. The van der Waals surface area contributed by atoms with Crippen LogP contribution in [0, 0.1) is 0 Å². The topological polar surface area (TPSA) is 94.2 Å². The van der Waals surface area contributed by atoms with E-state index in [9.17, 15) is 14.4 Å². The Balaban J connectivity index is 1.94. The van der Waals surface area contributed by atoms with Crippen LogP contribution in [0.15, 0.2) is 18.2 Å². The third-order valence-electron chi connectivity index (χ3n) is 4.61. The standard InChI is InChI=1S/C20H21ClN2O6S/c1-4-29-20(26)23-8-7-12-15(10-23)30-18(16(12)19(25)28-3)22-17(24)13-9-11(21)5-6-14(13)27-2/h5-6,9H,4,7-8,10H2,1-3H3,(H,22,24). The first kappa shape index (κ1) is 21.9. The van der Waals surface area contributed by atoms with E-state index in [1.54, 1.807) is 24.0 Å². The Morgan fingerprint density at radius 1 is 1.27 bits per heavy atom. The highest BCUT2D eigenvalue weighted by atomic mass is 35.5. The van der Waals surface area contributed by atoms with Crippen molar-refractivity contribution in [1.82, 2.24) is 4.90 Å². The summed E-state index contributed by atoms with van der Waals surface area (Å²) >= 11 is 7.25. The smallest absolute Gasteiger partial charge is 0.410 e. The van der Waals surface area contributed by atoms with Gasteiger partial charge in [-0.05, 0) is 37.1 Å². The minimum Gasteiger partial charge on any atom is -0.496 e. The van der Waals surface area contributed by atoms with Gasteiger partial charge in [0.1, 0.15) is 10.8 Å². The molecule has 160 valence electrons. The van der Waals surface area contributed by atoms with Gasteiger partial charge in [-0.2, -0.15) is 0 Å². The number of esters is 1. The predicted molar refractivity (Wildman–Crippen MR) is 113 cm³/mol. The molecule has 0 saturated carbocycles. The van der Waals surface area contributed by atoms with Crippen molar-refractivity contribution < 1.29 is 28.6 Å². The number of hydrogen-bond donors (Lipinski definition) is 1. The summed E-state index contributed by atoms with van der Waals surface area (Å²) in [6.07, 6.45) is 0.0382. The number of fused-ring (bicyclic) bond motifs is 1. The van der Waals surface area contributed by atoms with Gasteiger partial charge in [-0.25, -0.2) is 9.59 Å². The van der Waals surface area contributed by atoms with E-state index in [4.69, 9.17) is 25.8 Å². The summed E-state index contributed by atoms with van der Waals surface area (Å²) in [4.78, 5) is 39.8. The fraction of sp³-hybridized carbons (Fsp3) is 0.350. The summed E-state index contributed by atoms with van der Waals surface area (Å²) in [5, 5.41) is 3.51. The molecule has 10 heteroatoms. The fourth-order valence-electron chi connectivity index (χ4n) is 3.21. The molecule has 3 rings (SSSR count). The van der Waals surface area contributed by atoms with Crippen LogP contribution in [0.1, 0.15) is 38.1 Å². The molecule has 0 unspecified atom stereocenters. The Morgan fingerprint density at radius 3 is 2.70 bits per heavy atom. The second-order valence-electron chi connectivity index (χ2n) is 6.37. The number of anilines is 1. The van der Waals surface area contributed by atoms with Crippen molar-refractivity contribution in [1.29, 1.82) is 0 Å². The van der Waals surface area contributed by atoms with Crippen LogP contribution in [-0.4, -0.2) is 50.2 Å². The van der Waals surface area contributed by atoms with Gasteiger partial charge in [0.25, 0.3) is 5.91 Å². The molecule has 1 aliphatic heterocycles. The van der Waals surface area contributed by atoms with Gasteiger partial charge in [-0.1, -0.05) is 11.6 Å². The van der Waals surface area contributed by atoms with Crippen molar-refractivity contribution in [3.63, 3.8) is 0 Å². The van der Waals surface area contributed by atoms with Gasteiger partial charge in [0.2, 0.25) is 0 Å². The van der Waals surface area contributed by atoms with E-state index in [2.05, 4.69) is 5.32 Å². The van der Waals surface area contributed by atoms with Crippen LogP contribution in [0.4, 0.5) is 9.80 Å². The van der Waals surface area contributed by atoms with E-state index in [1.165, 1.54) is 31.6 Å². The normalized spacial score (nSPS) is 12.7. The molecule has 1 aromatic carbocycles. The van der Waals surface area contributed by atoms with Crippen molar-refractivity contribution in [2.45, 2.75) is 19.9 Å². The molecule has 2 amide bonds. The number of rotatable bonds is 5. The third-order valence-corrected chi connectivity index (χ3v) is 5.97. The van der Waals surface area contributed by atoms with Crippen LogP contribution in [0.5, 0.6) is 5.75 Å². The van der Waals surface area contributed by atoms with E-state index in [0.717, 1.165) is 10.4 Å². The first-order valence-electron chi connectivity index (χ1n) is 9.19. The van der Waals surface area contributed by atoms with Crippen LogP contribution >= 0.6 is 22.9 Å². The molecule has 1 aliphatic rings. The van der Waals surface area contributed by atoms with Gasteiger partial charge in [-0.3, -0.25) is 4.79 Å². The molecule has 0 bridgehead atoms. The number of halogens is 1. The maximum Gasteiger partial charge on any atom is 0.410 e. The van der Waals surface area contributed by atoms with Crippen LogP contribution < -0.4 is 10.1 Å². The molecule has 2 heterocycles. The summed E-state index contributed by atoms with van der Waals surface area (Å²) in [7, 11) is 2.74. The average molecular weight is 453 g/mol. The fourth-order valence-corrected chi connectivity index (χ4v) is 4.63. The molecule has 2 aromatic rings. The summed E-state index contributed by atoms with van der Waals surface area (Å²) in [6.45, 7) is 2.72. The first-order valence-corrected chi connectivity index (χ1v) is 10.4. The maximum atomic E-state index is 12.9. The lowest BCUT2D eigenvalue weighted by molar-refractivity contribution is 0.0600. The Morgan fingerprint density at radius 2 is 2.03 bits per heavy atom. The van der Waals surface area contributed by atoms with Crippen molar-refractivity contribution in [2.24, 2.45) is 0 Å². The number of carbonyl (C=O) groups excluding carboxylic acids is 3. The lowest BCUT2D eigenvalue weighted by atomic mass is 10.0. The number of nitrogens with one attached hydrogen (secondary N) is 1. The molecule has 0 saturated heterocycles. The van der Waals surface area contributed by atoms with E-state index in [0.29, 0.717) is 40.8 Å². The molecule has 1 aromatic heterocycles. The Kier molecular flexibility index (Phi) is 6.84. The van der Waals surface area contributed by atoms with Gasteiger partial charge < -0.3 is 24.4 Å². The highest BCUT2D eigenvalue weighted by molar-refractivity contribution is 7.17. The quantitative estimate of drug-likeness (QED) is 0.690. The second-order valence-corrected chi connectivity index (χ2v) is 7.91. The Labute approximate surface area is 182 Å². The lowest BCUT2D eigenvalue weighted by Crippen LogP contribution is -2.36. The van der Waals surface area contributed by atoms with E-state index in [-0.39, 0.29) is 12.2 Å². The first-order chi connectivity index (χ1) is 14.4. The van der Waals surface area contributed by atoms with Gasteiger partial charge in [0.15, 0.2) is 0 Å². The van der Waals surface area contributed by atoms with Crippen LogP contribution in [0.3, 0.4) is 0 Å². The van der Waals surface area contributed by atoms with Gasteiger partial charge in [-0.15, -0.1) is 11.3 Å². The maximum absolute atomic E-state index is 12.9. The third kappa shape index (κ3) is 4.36. The van der Waals surface area contributed by atoms with Crippen molar-refractivity contribution >= 4 is 45.9 Å². The highest BCUT2D eigenvalue weighted by Crippen LogP contribution is 2.38. The molecule has 8 nitrogen and oxygen atoms in total. The second kappa shape index (κ2) is 9.36. The van der Waals surface area contributed by atoms with E-state index >= 15 is 0 Å². The van der Waals surface area contributed by atoms with Crippen molar-refractivity contribution in [3.8, 4) is 5.75 Å². The number of carbonyl (C=O) groups is 3. The molecule has 0 spiro atoms. The Hall–Kier alpha value is -2.78.